The Hall–Kier alpha value is -1.88. The van der Waals surface area contributed by atoms with Crippen molar-refractivity contribution in [3.8, 4) is 0 Å². The van der Waals surface area contributed by atoms with Gasteiger partial charge in [-0.15, -0.1) is 0 Å². The molecule has 110 valence electrons. The van der Waals surface area contributed by atoms with Crippen LogP contribution in [0.15, 0.2) is 40.9 Å². The van der Waals surface area contributed by atoms with Crippen molar-refractivity contribution in [3.63, 3.8) is 0 Å². The Kier molecular flexibility index (Phi) is 4.96. The van der Waals surface area contributed by atoms with E-state index >= 15 is 0 Å². The number of benzene rings is 2. The number of amides is 2. The van der Waals surface area contributed by atoms with Gasteiger partial charge in [-0.3, -0.25) is 9.59 Å². The Morgan fingerprint density at radius 3 is 2.52 bits per heavy atom. The number of rotatable bonds is 4. The van der Waals surface area contributed by atoms with Gasteiger partial charge in [0.25, 0.3) is 5.91 Å². The molecule has 0 radical (unpaired) electrons. The molecule has 0 heterocycles. The highest BCUT2D eigenvalue weighted by molar-refractivity contribution is 9.10. The Labute approximate surface area is 132 Å². The van der Waals surface area contributed by atoms with Gasteiger partial charge in [-0.05, 0) is 42.0 Å². The van der Waals surface area contributed by atoms with Crippen molar-refractivity contribution in [3.05, 3.63) is 46.4 Å². The molecule has 0 aliphatic heterocycles. The van der Waals surface area contributed by atoms with Crippen LogP contribution in [0.25, 0.3) is 10.8 Å². The number of fused-ring (bicyclic) bond motifs is 1. The van der Waals surface area contributed by atoms with E-state index in [0.717, 1.165) is 15.2 Å². The monoisotopic (exact) mass is 348 g/mol. The van der Waals surface area contributed by atoms with E-state index in [2.05, 4.69) is 21.2 Å². The summed E-state index contributed by atoms with van der Waals surface area (Å²) >= 11 is 3.42. The molecule has 0 aliphatic rings. The van der Waals surface area contributed by atoms with Crippen LogP contribution in [0.5, 0.6) is 0 Å². The van der Waals surface area contributed by atoms with Gasteiger partial charge in [0.1, 0.15) is 0 Å². The van der Waals surface area contributed by atoms with Gasteiger partial charge >= 0.3 is 0 Å². The zero-order chi connectivity index (χ0) is 15.4. The standard InChI is InChI=1S/C16H17BrN2O2/c1-3-19(2)15(20)10-18-16(21)13-5-4-12-9-14(17)7-6-11(12)8-13/h4-9H,3,10H2,1-2H3,(H,18,21). The Morgan fingerprint density at radius 2 is 1.81 bits per heavy atom. The van der Waals surface area contributed by atoms with E-state index in [-0.39, 0.29) is 18.4 Å². The summed E-state index contributed by atoms with van der Waals surface area (Å²) in [5, 5.41) is 4.70. The number of hydrogen-bond donors (Lipinski definition) is 1. The molecule has 0 aliphatic carbocycles. The van der Waals surface area contributed by atoms with E-state index in [4.69, 9.17) is 0 Å². The number of carbonyl (C=O) groups excluding carboxylic acids is 2. The molecule has 2 amide bonds. The zero-order valence-corrected chi connectivity index (χ0v) is 13.6. The minimum atomic E-state index is -0.238. The smallest absolute Gasteiger partial charge is 0.251 e. The minimum absolute atomic E-state index is 0.0154. The predicted octanol–water partition coefficient (Wildman–Crippen LogP) is 2.81. The molecule has 0 unspecified atom stereocenters. The third kappa shape index (κ3) is 3.82. The number of nitrogens with one attached hydrogen (secondary N) is 1. The second-order valence-electron chi connectivity index (χ2n) is 4.80. The molecular formula is C16H17BrN2O2. The fourth-order valence-electron chi connectivity index (χ4n) is 1.93. The molecule has 5 heteroatoms. The Morgan fingerprint density at radius 1 is 1.14 bits per heavy atom. The highest BCUT2D eigenvalue weighted by Crippen LogP contribution is 2.20. The lowest BCUT2D eigenvalue weighted by Crippen LogP contribution is -2.37. The molecule has 0 aromatic heterocycles. The quantitative estimate of drug-likeness (QED) is 0.923. The summed E-state index contributed by atoms with van der Waals surface area (Å²) in [5.74, 6) is -0.340. The van der Waals surface area contributed by atoms with Crippen LogP contribution in [-0.2, 0) is 4.79 Å². The van der Waals surface area contributed by atoms with Crippen LogP contribution in [0.1, 0.15) is 17.3 Å². The highest BCUT2D eigenvalue weighted by atomic mass is 79.9. The van der Waals surface area contributed by atoms with Crippen molar-refractivity contribution in [2.24, 2.45) is 0 Å². The minimum Gasteiger partial charge on any atom is -0.345 e. The van der Waals surface area contributed by atoms with Gasteiger partial charge in [0.05, 0.1) is 6.54 Å². The van der Waals surface area contributed by atoms with Crippen molar-refractivity contribution < 1.29 is 9.59 Å². The second kappa shape index (κ2) is 6.72. The van der Waals surface area contributed by atoms with Gasteiger partial charge in [0.15, 0.2) is 0 Å². The molecule has 4 nitrogen and oxygen atoms in total. The summed E-state index contributed by atoms with van der Waals surface area (Å²) in [7, 11) is 1.71. The molecule has 2 aromatic carbocycles. The molecule has 0 fully saturated rings. The van der Waals surface area contributed by atoms with E-state index in [1.54, 1.807) is 18.0 Å². The maximum Gasteiger partial charge on any atom is 0.251 e. The van der Waals surface area contributed by atoms with Crippen molar-refractivity contribution in [2.45, 2.75) is 6.92 Å². The first kappa shape index (κ1) is 15.5. The normalized spacial score (nSPS) is 10.4. The number of carbonyl (C=O) groups is 2. The fraction of sp³-hybridized carbons (Fsp3) is 0.250. The number of hydrogen-bond acceptors (Lipinski definition) is 2. The van der Waals surface area contributed by atoms with Gasteiger partial charge in [0.2, 0.25) is 5.91 Å². The third-order valence-electron chi connectivity index (χ3n) is 3.36. The maximum atomic E-state index is 12.1. The van der Waals surface area contributed by atoms with Gasteiger partial charge < -0.3 is 10.2 Å². The average Bonchev–Trinajstić information content (AvgIpc) is 2.50. The first-order valence-electron chi connectivity index (χ1n) is 6.72. The molecule has 0 saturated carbocycles. The molecule has 1 N–H and O–H groups in total. The van der Waals surface area contributed by atoms with Crippen LogP contribution in [0.4, 0.5) is 0 Å². The first-order valence-corrected chi connectivity index (χ1v) is 7.52. The van der Waals surface area contributed by atoms with Crippen molar-refractivity contribution >= 4 is 38.5 Å². The molecule has 2 rings (SSSR count). The van der Waals surface area contributed by atoms with E-state index < -0.39 is 0 Å². The lowest BCUT2D eigenvalue weighted by atomic mass is 10.1. The van der Waals surface area contributed by atoms with Crippen molar-refractivity contribution in [1.82, 2.24) is 10.2 Å². The summed E-state index contributed by atoms with van der Waals surface area (Å²) in [4.78, 5) is 25.3. The van der Waals surface area contributed by atoms with Crippen molar-refractivity contribution in [1.29, 1.82) is 0 Å². The third-order valence-corrected chi connectivity index (χ3v) is 3.86. The van der Waals surface area contributed by atoms with E-state index in [0.29, 0.717) is 12.1 Å². The highest BCUT2D eigenvalue weighted by Gasteiger charge is 2.10. The lowest BCUT2D eigenvalue weighted by molar-refractivity contribution is -0.128. The summed E-state index contributed by atoms with van der Waals surface area (Å²) in [6, 6.07) is 11.4. The average molecular weight is 349 g/mol. The largest absolute Gasteiger partial charge is 0.345 e. The van der Waals surface area contributed by atoms with Gasteiger partial charge in [-0.2, -0.15) is 0 Å². The Balaban J connectivity index is 2.09. The van der Waals surface area contributed by atoms with Gasteiger partial charge in [-0.25, -0.2) is 0 Å². The van der Waals surface area contributed by atoms with Crippen LogP contribution in [0.3, 0.4) is 0 Å². The zero-order valence-electron chi connectivity index (χ0n) is 12.0. The lowest BCUT2D eigenvalue weighted by Gasteiger charge is -2.14. The number of halogens is 1. The molecule has 0 spiro atoms. The Bertz CT molecular complexity index is 685. The predicted molar refractivity (Wildman–Crippen MR) is 87.3 cm³/mol. The van der Waals surface area contributed by atoms with Crippen LogP contribution >= 0.6 is 15.9 Å². The molecular weight excluding hydrogens is 332 g/mol. The van der Waals surface area contributed by atoms with Crippen molar-refractivity contribution in [2.75, 3.05) is 20.1 Å². The maximum absolute atomic E-state index is 12.1. The van der Waals surface area contributed by atoms with Crippen LogP contribution in [-0.4, -0.2) is 36.9 Å². The summed E-state index contributed by atoms with van der Waals surface area (Å²) in [5.41, 5.74) is 0.553. The number of likely N-dealkylation sites (N-methyl/N-ethyl adjacent to an activating group) is 1. The van der Waals surface area contributed by atoms with E-state index in [9.17, 15) is 9.59 Å². The molecule has 2 aromatic rings. The molecule has 0 atom stereocenters. The second-order valence-corrected chi connectivity index (χ2v) is 5.71. The van der Waals surface area contributed by atoms with E-state index in [1.807, 2.05) is 37.3 Å². The summed E-state index contributed by atoms with van der Waals surface area (Å²) < 4.78 is 1.00. The SMILES string of the molecule is CCN(C)C(=O)CNC(=O)c1ccc2cc(Br)ccc2c1. The summed E-state index contributed by atoms with van der Waals surface area (Å²) in [6.07, 6.45) is 0. The van der Waals surface area contributed by atoms with Gasteiger partial charge in [0, 0.05) is 23.6 Å². The summed E-state index contributed by atoms with van der Waals surface area (Å²) in [6.45, 7) is 2.53. The van der Waals surface area contributed by atoms with Crippen LogP contribution in [0, 0.1) is 0 Å². The fourth-order valence-corrected chi connectivity index (χ4v) is 2.31. The molecule has 0 bridgehead atoms. The van der Waals surface area contributed by atoms with Crippen LogP contribution < -0.4 is 5.32 Å². The molecule has 0 saturated heterocycles. The topological polar surface area (TPSA) is 49.4 Å². The van der Waals surface area contributed by atoms with Gasteiger partial charge in [-0.1, -0.05) is 28.1 Å². The molecule has 21 heavy (non-hydrogen) atoms. The van der Waals surface area contributed by atoms with E-state index in [1.165, 1.54) is 0 Å². The number of nitrogens with zero attached hydrogens (tertiary/aromatic N) is 1. The first-order chi connectivity index (χ1) is 10.0. The van der Waals surface area contributed by atoms with Crippen LogP contribution in [0.2, 0.25) is 0 Å².